The van der Waals surface area contributed by atoms with E-state index in [2.05, 4.69) is 55.6 Å². The van der Waals surface area contributed by atoms with E-state index in [9.17, 15) is 0 Å². The van der Waals surface area contributed by atoms with Crippen molar-refractivity contribution in [3.05, 3.63) is 41.7 Å². The fourth-order valence-electron chi connectivity index (χ4n) is 2.42. The lowest BCUT2D eigenvalue weighted by molar-refractivity contribution is 0.603. The van der Waals surface area contributed by atoms with Gasteiger partial charge in [-0.2, -0.15) is 5.10 Å². The minimum atomic E-state index is 0.948. The van der Waals surface area contributed by atoms with E-state index in [1.165, 1.54) is 28.7 Å². The van der Waals surface area contributed by atoms with Gasteiger partial charge in [0, 0.05) is 24.8 Å². The Bertz CT molecular complexity index is 543. The van der Waals surface area contributed by atoms with Gasteiger partial charge in [0.25, 0.3) is 0 Å². The van der Waals surface area contributed by atoms with Gasteiger partial charge in [0.1, 0.15) is 0 Å². The van der Waals surface area contributed by atoms with Gasteiger partial charge in [0.05, 0.1) is 6.20 Å². The SMILES string of the molecule is CCCNCc1ccc(-c2cnn(CCC)c2)c(C)c1. The molecule has 0 atom stereocenters. The lowest BCUT2D eigenvalue weighted by Gasteiger charge is -2.08. The first-order chi connectivity index (χ1) is 9.74. The highest BCUT2D eigenvalue weighted by Gasteiger charge is 2.05. The molecular formula is C17H25N3. The molecule has 0 saturated heterocycles. The lowest BCUT2D eigenvalue weighted by Crippen LogP contribution is -2.13. The van der Waals surface area contributed by atoms with E-state index in [-0.39, 0.29) is 0 Å². The molecule has 0 aliphatic heterocycles. The molecule has 2 rings (SSSR count). The van der Waals surface area contributed by atoms with Crippen LogP contribution >= 0.6 is 0 Å². The number of hydrogen-bond acceptors (Lipinski definition) is 2. The van der Waals surface area contributed by atoms with Gasteiger partial charge in [-0.15, -0.1) is 0 Å². The molecule has 0 aliphatic carbocycles. The molecule has 3 heteroatoms. The molecule has 108 valence electrons. The van der Waals surface area contributed by atoms with Crippen molar-refractivity contribution in [3.63, 3.8) is 0 Å². The Labute approximate surface area is 122 Å². The highest BCUT2D eigenvalue weighted by Crippen LogP contribution is 2.23. The van der Waals surface area contributed by atoms with E-state index in [0.29, 0.717) is 0 Å². The number of rotatable bonds is 7. The lowest BCUT2D eigenvalue weighted by atomic mass is 10.0. The van der Waals surface area contributed by atoms with Gasteiger partial charge in [0.2, 0.25) is 0 Å². The first kappa shape index (κ1) is 14.8. The first-order valence-corrected chi connectivity index (χ1v) is 7.57. The number of nitrogens with zero attached hydrogens (tertiary/aromatic N) is 2. The van der Waals surface area contributed by atoms with Crippen LogP contribution in [0.2, 0.25) is 0 Å². The topological polar surface area (TPSA) is 29.9 Å². The molecule has 2 aromatic rings. The molecule has 0 spiro atoms. The quantitative estimate of drug-likeness (QED) is 0.777. The number of nitrogens with one attached hydrogen (secondary N) is 1. The summed E-state index contributed by atoms with van der Waals surface area (Å²) in [6.07, 6.45) is 6.39. The molecule has 0 saturated carbocycles. The van der Waals surface area contributed by atoms with Gasteiger partial charge in [-0.25, -0.2) is 0 Å². The predicted molar refractivity (Wildman–Crippen MR) is 84.7 cm³/mol. The van der Waals surface area contributed by atoms with Gasteiger partial charge in [-0.1, -0.05) is 32.0 Å². The fourth-order valence-corrected chi connectivity index (χ4v) is 2.42. The number of aromatic nitrogens is 2. The number of hydrogen-bond donors (Lipinski definition) is 1. The van der Waals surface area contributed by atoms with Gasteiger partial charge in [-0.05, 0) is 43.0 Å². The standard InChI is InChI=1S/C17H25N3/c1-4-8-18-11-15-6-7-17(14(3)10-15)16-12-19-20(13-16)9-5-2/h6-7,10,12-13,18H,4-5,8-9,11H2,1-3H3. The Balaban J connectivity index is 2.11. The van der Waals surface area contributed by atoms with Crippen LogP contribution in [0.3, 0.4) is 0 Å². The molecular weight excluding hydrogens is 246 g/mol. The molecule has 1 aromatic carbocycles. The third-order valence-electron chi connectivity index (χ3n) is 3.44. The van der Waals surface area contributed by atoms with Gasteiger partial charge < -0.3 is 5.32 Å². The minimum Gasteiger partial charge on any atom is -0.313 e. The van der Waals surface area contributed by atoms with Crippen molar-refractivity contribution in [3.8, 4) is 11.1 Å². The summed E-state index contributed by atoms with van der Waals surface area (Å²) in [7, 11) is 0. The van der Waals surface area contributed by atoms with Crippen LogP contribution in [0.15, 0.2) is 30.6 Å². The zero-order valence-electron chi connectivity index (χ0n) is 12.8. The van der Waals surface area contributed by atoms with Crippen molar-refractivity contribution in [2.45, 2.75) is 46.7 Å². The highest BCUT2D eigenvalue weighted by molar-refractivity contribution is 5.66. The van der Waals surface area contributed by atoms with Crippen molar-refractivity contribution in [2.24, 2.45) is 0 Å². The minimum absolute atomic E-state index is 0.948. The van der Waals surface area contributed by atoms with Crippen LogP contribution in [0.25, 0.3) is 11.1 Å². The van der Waals surface area contributed by atoms with E-state index in [1.54, 1.807) is 0 Å². The van der Waals surface area contributed by atoms with E-state index < -0.39 is 0 Å². The van der Waals surface area contributed by atoms with Crippen LogP contribution < -0.4 is 5.32 Å². The molecule has 0 radical (unpaired) electrons. The summed E-state index contributed by atoms with van der Waals surface area (Å²) in [5.74, 6) is 0. The summed E-state index contributed by atoms with van der Waals surface area (Å²) in [4.78, 5) is 0. The molecule has 0 unspecified atom stereocenters. The summed E-state index contributed by atoms with van der Waals surface area (Å²) in [5.41, 5.74) is 5.16. The summed E-state index contributed by atoms with van der Waals surface area (Å²) < 4.78 is 2.02. The van der Waals surface area contributed by atoms with Crippen LogP contribution in [0.1, 0.15) is 37.8 Å². The zero-order valence-corrected chi connectivity index (χ0v) is 12.8. The van der Waals surface area contributed by atoms with Crippen LogP contribution in [0.4, 0.5) is 0 Å². The average molecular weight is 271 g/mol. The monoisotopic (exact) mass is 271 g/mol. The molecule has 1 heterocycles. The second kappa shape index (κ2) is 7.25. The number of aryl methyl sites for hydroxylation is 2. The Kier molecular flexibility index (Phi) is 5.36. The predicted octanol–water partition coefficient (Wildman–Crippen LogP) is 3.77. The largest absolute Gasteiger partial charge is 0.313 e. The normalized spacial score (nSPS) is 10.9. The Morgan fingerprint density at radius 2 is 2.05 bits per heavy atom. The van der Waals surface area contributed by atoms with Crippen LogP contribution in [0, 0.1) is 6.92 Å². The van der Waals surface area contributed by atoms with E-state index >= 15 is 0 Å². The van der Waals surface area contributed by atoms with Crippen LogP contribution in [0.5, 0.6) is 0 Å². The van der Waals surface area contributed by atoms with Gasteiger partial charge in [0.15, 0.2) is 0 Å². The first-order valence-electron chi connectivity index (χ1n) is 7.57. The molecule has 0 bridgehead atoms. The number of benzene rings is 1. The summed E-state index contributed by atoms with van der Waals surface area (Å²) in [5, 5.41) is 7.85. The third kappa shape index (κ3) is 3.70. The second-order valence-corrected chi connectivity index (χ2v) is 5.32. The molecule has 20 heavy (non-hydrogen) atoms. The fraction of sp³-hybridized carbons (Fsp3) is 0.471. The summed E-state index contributed by atoms with van der Waals surface area (Å²) in [6.45, 7) is 9.54. The maximum atomic E-state index is 4.41. The maximum absolute atomic E-state index is 4.41. The average Bonchev–Trinajstić information content (AvgIpc) is 2.88. The van der Waals surface area contributed by atoms with E-state index in [1.807, 2.05) is 10.9 Å². The van der Waals surface area contributed by atoms with E-state index in [4.69, 9.17) is 0 Å². The smallest absolute Gasteiger partial charge is 0.0568 e. The third-order valence-corrected chi connectivity index (χ3v) is 3.44. The maximum Gasteiger partial charge on any atom is 0.0568 e. The summed E-state index contributed by atoms with van der Waals surface area (Å²) >= 11 is 0. The Morgan fingerprint density at radius 1 is 1.20 bits per heavy atom. The molecule has 0 fully saturated rings. The van der Waals surface area contributed by atoms with Crippen LogP contribution in [-0.4, -0.2) is 16.3 Å². The van der Waals surface area contributed by atoms with Crippen molar-refractivity contribution in [1.29, 1.82) is 0 Å². The molecule has 0 aliphatic rings. The van der Waals surface area contributed by atoms with Gasteiger partial charge >= 0.3 is 0 Å². The summed E-state index contributed by atoms with van der Waals surface area (Å²) in [6, 6.07) is 6.70. The second-order valence-electron chi connectivity index (χ2n) is 5.32. The van der Waals surface area contributed by atoms with Crippen molar-refractivity contribution in [1.82, 2.24) is 15.1 Å². The van der Waals surface area contributed by atoms with Crippen molar-refractivity contribution < 1.29 is 0 Å². The van der Waals surface area contributed by atoms with Crippen molar-refractivity contribution in [2.75, 3.05) is 6.54 Å². The highest BCUT2D eigenvalue weighted by atomic mass is 15.3. The zero-order chi connectivity index (χ0) is 14.4. The van der Waals surface area contributed by atoms with Gasteiger partial charge in [-0.3, -0.25) is 4.68 Å². The van der Waals surface area contributed by atoms with Crippen molar-refractivity contribution >= 4 is 0 Å². The molecule has 0 amide bonds. The van der Waals surface area contributed by atoms with E-state index in [0.717, 1.165) is 26.1 Å². The molecule has 1 aromatic heterocycles. The molecule has 3 nitrogen and oxygen atoms in total. The Morgan fingerprint density at radius 3 is 2.75 bits per heavy atom. The Hall–Kier alpha value is -1.61. The van der Waals surface area contributed by atoms with Crippen LogP contribution in [-0.2, 0) is 13.1 Å². The molecule has 1 N–H and O–H groups in total.